The van der Waals surface area contributed by atoms with Crippen LogP contribution in [0.1, 0.15) is 11.1 Å². The third-order valence-electron chi connectivity index (χ3n) is 3.16. The maximum Gasteiger partial charge on any atom is 0.325 e. The summed E-state index contributed by atoms with van der Waals surface area (Å²) in [6.07, 6.45) is 0. The number of para-hydroxylation sites is 1. The molecule has 0 aliphatic carbocycles. The monoisotopic (exact) mass is 331 g/mol. The van der Waals surface area contributed by atoms with Crippen molar-refractivity contribution in [3.8, 4) is 0 Å². The van der Waals surface area contributed by atoms with Gasteiger partial charge >= 0.3 is 6.03 Å². The van der Waals surface area contributed by atoms with Crippen LogP contribution in [0.3, 0.4) is 0 Å². The summed E-state index contributed by atoms with van der Waals surface area (Å²) in [4.78, 5) is 16.5. The number of hydrogen-bond acceptors (Lipinski definition) is 3. The minimum absolute atomic E-state index is 0.360. The van der Waals surface area contributed by atoms with Crippen molar-refractivity contribution in [1.82, 2.24) is 4.98 Å². The summed E-state index contributed by atoms with van der Waals surface area (Å²) in [6.45, 7) is 4.07. The Labute approximate surface area is 137 Å². The van der Waals surface area contributed by atoms with E-state index < -0.39 is 0 Å². The summed E-state index contributed by atoms with van der Waals surface area (Å²) in [7, 11) is 0. The molecule has 1 aromatic heterocycles. The van der Waals surface area contributed by atoms with Gasteiger partial charge in [0.25, 0.3) is 0 Å². The van der Waals surface area contributed by atoms with Crippen molar-refractivity contribution >= 4 is 50.0 Å². The summed E-state index contributed by atoms with van der Waals surface area (Å²) >= 11 is 7.48. The molecule has 2 N–H and O–H groups in total. The Morgan fingerprint density at radius 2 is 1.95 bits per heavy atom. The number of thiazole rings is 1. The van der Waals surface area contributed by atoms with Gasteiger partial charge in [0.1, 0.15) is 0 Å². The van der Waals surface area contributed by atoms with Crippen LogP contribution in [-0.4, -0.2) is 11.0 Å². The van der Waals surface area contributed by atoms with Crippen LogP contribution in [0.2, 0.25) is 5.02 Å². The van der Waals surface area contributed by atoms with E-state index >= 15 is 0 Å². The average Bonchev–Trinajstić information content (AvgIpc) is 2.84. The Morgan fingerprint density at radius 3 is 2.73 bits per heavy atom. The average molecular weight is 332 g/mol. The first-order chi connectivity index (χ1) is 10.5. The van der Waals surface area contributed by atoms with E-state index in [1.54, 1.807) is 12.1 Å². The predicted octanol–water partition coefficient (Wildman–Crippen LogP) is 5.21. The van der Waals surface area contributed by atoms with Gasteiger partial charge in [-0.1, -0.05) is 41.1 Å². The molecule has 0 fully saturated rings. The number of nitrogens with zero attached hydrogens (tertiary/aromatic N) is 1. The number of carbonyl (C=O) groups is 1. The molecular weight excluding hydrogens is 318 g/mol. The number of urea groups is 1. The number of carbonyl (C=O) groups excluding carboxylic acids is 1. The van der Waals surface area contributed by atoms with Crippen LogP contribution in [0.25, 0.3) is 10.2 Å². The fourth-order valence-electron chi connectivity index (χ4n) is 2.24. The highest BCUT2D eigenvalue weighted by Gasteiger charge is 2.10. The van der Waals surface area contributed by atoms with Gasteiger partial charge in [-0.25, -0.2) is 9.78 Å². The molecule has 1 heterocycles. The molecule has 0 bridgehead atoms. The molecule has 0 saturated heterocycles. The van der Waals surface area contributed by atoms with Crippen molar-refractivity contribution in [2.24, 2.45) is 0 Å². The largest absolute Gasteiger partial charge is 0.325 e. The van der Waals surface area contributed by atoms with Crippen LogP contribution in [0.15, 0.2) is 36.4 Å². The van der Waals surface area contributed by atoms with E-state index in [2.05, 4.69) is 21.7 Å². The number of halogens is 1. The molecule has 6 heteroatoms. The summed E-state index contributed by atoms with van der Waals surface area (Å²) in [5.41, 5.74) is 3.78. The number of amides is 2. The molecule has 3 rings (SSSR count). The van der Waals surface area contributed by atoms with Crippen LogP contribution in [0, 0.1) is 13.8 Å². The van der Waals surface area contributed by atoms with Gasteiger partial charge in [0, 0.05) is 0 Å². The molecule has 0 unspecified atom stereocenters. The molecule has 0 aliphatic rings. The zero-order valence-electron chi connectivity index (χ0n) is 12.1. The third-order valence-corrected chi connectivity index (χ3v) is 4.61. The van der Waals surface area contributed by atoms with Gasteiger partial charge in [-0.2, -0.15) is 0 Å². The predicted molar refractivity (Wildman–Crippen MR) is 93.2 cm³/mol. The van der Waals surface area contributed by atoms with Crippen molar-refractivity contribution in [3.63, 3.8) is 0 Å². The Bertz CT molecular complexity index is 860. The highest BCUT2D eigenvalue weighted by Crippen LogP contribution is 2.30. The van der Waals surface area contributed by atoms with Crippen molar-refractivity contribution in [2.75, 3.05) is 10.6 Å². The second-order valence-electron chi connectivity index (χ2n) is 5.01. The second-order valence-corrected chi connectivity index (χ2v) is 6.41. The number of fused-ring (bicyclic) bond motifs is 1. The lowest BCUT2D eigenvalue weighted by atomic mass is 10.1. The molecule has 0 spiro atoms. The van der Waals surface area contributed by atoms with E-state index in [0.717, 1.165) is 21.3 Å². The SMILES string of the molecule is Cc1cc(C)c2sc(NC(=O)Nc3ccccc3Cl)nc2c1. The summed E-state index contributed by atoms with van der Waals surface area (Å²) < 4.78 is 1.08. The van der Waals surface area contributed by atoms with Gasteiger partial charge in [0.05, 0.1) is 20.9 Å². The number of nitrogens with one attached hydrogen (secondary N) is 2. The lowest BCUT2D eigenvalue weighted by Crippen LogP contribution is -2.19. The van der Waals surface area contributed by atoms with E-state index in [1.807, 2.05) is 32.0 Å². The zero-order valence-corrected chi connectivity index (χ0v) is 13.7. The van der Waals surface area contributed by atoms with E-state index in [0.29, 0.717) is 15.8 Å². The maximum absolute atomic E-state index is 12.0. The molecule has 3 aromatic rings. The summed E-state index contributed by atoms with van der Waals surface area (Å²) in [6, 6.07) is 10.8. The number of hydrogen-bond donors (Lipinski definition) is 2. The molecule has 0 radical (unpaired) electrons. The molecule has 0 atom stereocenters. The Hall–Kier alpha value is -2.11. The van der Waals surface area contributed by atoms with Crippen molar-refractivity contribution in [1.29, 1.82) is 0 Å². The first-order valence-electron chi connectivity index (χ1n) is 6.73. The number of benzene rings is 2. The van der Waals surface area contributed by atoms with Crippen LogP contribution in [-0.2, 0) is 0 Å². The van der Waals surface area contributed by atoms with Crippen LogP contribution < -0.4 is 10.6 Å². The number of aryl methyl sites for hydroxylation is 2. The highest BCUT2D eigenvalue weighted by molar-refractivity contribution is 7.22. The zero-order chi connectivity index (χ0) is 15.7. The number of aromatic nitrogens is 1. The van der Waals surface area contributed by atoms with Crippen molar-refractivity contribution < 1.29 is 4.79 Å². The molecule has 2 amide bonds. The molecule has 112 valence electrons. The minimum atomic E-state index is -0.360. The topological polar surface area (TPSA) is 54.0 Å². The Kier molecular flexibility index (Phi) is 4.00. The van der Waals surface area contributed by atoms with E-state index in [-0.39, 0.29) is 6.03 Å². The molecule has 22 heavy (non-hydrogen) atoms. The Morgan fingerprint density at radius 1 is 1.18 bits per heavy atom. The number of anilines is 2. The molecule has 4 nitrogen and oxygen atoms in total. The van der Waals surface area contributed by atoms with Gasteiger partial charge in [0.15, 0.2) is 5.13 Å². The fourth-order valence-corrected chi connectivity index (χ4v) is 3.34. The molecule has 0 aliphatic heterocycles. The highest BCUT2D eigenvalue weighted by atomic mass is 35.5. The third kappa shape index (κ3) is 3.05. The minimum Gasteiger partial charge on any atom is -0.306 e. The Balaban J connectivity index is 1.80. The fraction of sp³-hybridized carbons (Fsp3) is 0.125. The van der Waals surface area contributed by atoms with Gasteiger partial charge in [-0.05, 0) is 43.2 Å². The van der Waals surface area contributed by atoms with Gasteiger partial charge in [-0.3, -0.25) is 5.32 Å². The summed E-state index contributed by atoms with van der Waals surface area (Å²) in [5, 5.41) is 6.52. The van der Waals surface area contributed by atoms with E-state index in [4.69, 9.17) is 11.6 Å². The smallest absolute Gasteiger partial charge is 0.306 e. The number of rotatable bonds is 2. The van der Waals surface area contributed by atoms with Gasteiger partial charge in [0.2, 0.25) is 0 Å². The van der Waals surface area contributed by atoms with Crippen LogP contribution >= 0.6 is 22.9 Å². The first-order valence-corrected chi connectivity index (χ1v) is 7.93. The van der Waals surface area contributed by atoms with Gasteiger partial charge < -0.3 is 5.32 Å². The van der Waals surface area contributed by atoms with Crippen molar-refractivity contribution in [2.45, 2.75) is 13.8 Å². The molecule has 0 saturated carbocycles. The first kappa shape index (κ1) is 14.8. The molecular formula is C16H14ClN3OS. The maximum atomic E-state index is 12.0. The quantitative estimate of drug-likeness (QED) is 0.677. The lowest BCUT2D eigenvalue weighted by Gasteiger charge is -2.06. The molecule has 2 aromatic carbocycles. The second kappa shape index (κ2) is 5.94. The van der Waals surface area contributed by atoms with Crippen molar-refractivity contribution in [3.05, 3.63) is 52.5 Å². The standard InChI is InChI=1S/C16H14ClN3OS/c1-9-7-10(2)14-13(8-9)19-16(22-14)20-15(21)18-12-6-4-3-5-11(12)17/h3-8H,1-2H3,(H2,18,19,20,21). The van der Waals surface area contributed by atoms with Gasteiger partial charge in [-0.15, -0.1) is 0 Å². The van der Waals surface area contributed by atoms with Crippen LogP contribution in [0.5, 0.6) is 0 Å². The van der Waals surface area contributed by atoms with Crippen LogP contribution in [0.4, 0.5) is 15.6 Å². The normalized spacial score (nSPS) is 10.7. The summed E-state index contributed by atoms with van der Waals surface area (Å²) in [5.74, 6) is 0. The van der Waals surface area contributed by atoms with E-state index in [1.165, 1.54) is 11.3 Å². The van der Waals surface area contributed by atoms with E-state index in [9.17, 15) is 4.79 Å². The lowest BCUT2D eigenvalue weighted by molar-refractivity contribution is 0.262.